The fraction of sp³-hybridized carbons (Fsp3) is 0.375. The minimum atomic E-state index is -0.102. The molecule has 1 fully saturated rings. The van der Waals surface area contributed by atoms with Gasteiger partial charge in [0.1, 0.15) is 6.54 Å². The normalized spacial score (nSPS) is 15.9. The zero-order chi connectivity index (χ0) is 14.7. The highest BCUT2D eigenvalue weighted by molar-refractivity contribution is 5.82. The number of pyridine rings is 1. The van der Waals surface area contributed by atoms with Gasteiger partial charge in [0, 0.05) is 31.2 Å². The van der Waals surface area contributed by atoms with Crippen LogP contribution in [0, 0.1) is 0 Å². The number of rotatable bonds is 2. The molecule has 1 saturated heterocycles. The Hall–Kier alpha value is -2.14. The molecule has 0 bridgehead atoms. The Morgan fingerprint density at radius 2 is 2.00 bits per heavy atom. The van der Waals surface area contributed by atoms with Gasteiger partial charge in [-0.15, -0.1) is 0 Å². The molecule has 0 unspecified atom stereocenters. The van der Waals surface area contributed by atoms with Gasteiger partial charge in [-0.25, -0.2) is 0 Å². The van der Waals surface area contributed by atoms with E-state index in [1.54, 1.807) is 12.3 Å². The van der Waals surface area contributed by atoms with Crippen molar-refractivity contribution in [1.82, 2.24) is 14.8 Å². The number of nitrogens with one attached hydrogen (secondary N) is 1. The summed E-state index contributed by atoms with van der Waals surface area (Å²) in [7, 11) is 0. The van der Waals surface area contributed by atoms with Gasteiger partial charge in [-0.2, -0.15) is 0 Å². The predicted octanol–water partition coefficient (Wildman–Crippen LogP) is 0.823. The van der Waals surface area contributed by atoms with Crippen LogP contribution >= 0.6 is 0 Å². The first-order valence-corrected chi connectivity index (χ1v) is 7.32. The van der Waals surface area contributed by atoms with Gasteiger partial charge in [0.2, 0.25) is 5.91 Å². The largest absolute Gasteiger partial charge is 0.340 e. The molecule has 5 heteroatoms. The van der Waals surface area contributed by atoms with Gasteiger partial charge >= 0.3 is 0 Å². The summed E-state index contributed by atoms with van der Waals surface area (Å²) in [6, 6.07) is 9.34. The molecule has 1 aliphatic rings. The summed E-state index contributed by atoms with van der Waals surface area (Å²) >= 11 is 0. The van der Waals surface area contributed by atoms with Crippen molar-refractivity contribution in [2.45, 2.75) is 13.0 Å². The van der Waals surface area contributed by atoms with Crippen molar-refractivity contribution in [2.75, 3.05) is 26.2 Å². The van der Waals surface area contributed by atoms with E-state index in [9.17, 15) is 9.59 Å². The molecule has 0 atom stereocenters. The molecule has 1 aromatic heterocycles. The maximum atomic E-state index is 12.4. The summed E-state index contributed by atoms with van der Waals surface area (Å²) in [5.41, 5.74) is -0.102. The first-order valence-electron chi connectivity index (χ1n) is 7.32. The molecule has 110 valence electrons. The SMILES string of the molecule is O=C(Cn1ccc2ccccc2c1=O)N1CCCNCC1. The van der Waals surface area contributed by atoms with Crippen LogP contribution in [0.1, 0.15) is 6.42 Å². The average molecular weight is 285 g/mol. The standard InChI is InChI=1S/C16H19N3O2/c20-15(18-9-3-7-17-8-11-18)12-19-10-6-13-4-1-2-5-14(13)16(19)21/h1-2,4-6,10,17H,3,7-9,11-12H2. The van der Waals surface area contributed by atoms with E-state index in [1.807, 2.05) is 29.2 Å². The summed E-state index contributed by atoms with van der Waals surface area (Å²) in [6.07, 6.45) is 2.66. The van der Waals surface area contributed by atoms with Gasteiger partial charge in [0.25, 0.3) is 5.56 Å². The molecule has 21 heavy (non-hydrogen) atoms. The van der Waals surface area contributed by atoms with Crippen molar-refractivity contribution in [3.63, 3.8) is 0 Å². The smallest absolute Gasteiger partial charge is 0.258 e. The van der Waals surface area contributed by atoms with Crippen LogP contribution < -0.4 is 10.9 Å². The molecule has 3 rings (SSSR count). The summed E-state index contributed by atoms with van der Waals surface area (Å²) in [6.45, 7) is 3.34. The van der Waals surface area contributed by atoms with Crippen LogP contribution in [0.3, 0.4) is 0 Å². The minimum Gasteiger partial charge on any atom is -0.340 e. The Morgan fingerprint density at radius 1 is 1.14 bits per heavy atom. The molecule has 1 N–H and O–H groups in total. The van der Waals surface area contributed by atoms with Crippen molar-refractivity contribution < 1.29 is 4.79 Å². The lowest BCUT2D eigenvalue weighted by molar-refractivity contribution is -0.131. The first kappa shape index (κ1) is 13.8. The maximum absolute atomic E-state index is 12.4. The number of aromatic nitrogens is 1. The van der Waals surface area contributed by atoms with Crippen LogP contribution in [0.15, 0.2) is 41.3 Å². The fourth-order valence-corrected chi connectivity index (χ4v) is 2.70. The molecule has 1 amide bonds. The summed E-state index contributed by atoms with van der Waals surface area (Å²) in [5.74, 6) is 0.0103. The molecule has 0 saturated carbocycles. The van der Waals surface area contributed by atoms with Gasteiger partial charge in [0.15, 0.2) is 0 Å². The van der Waals surface area contributed by atoms with Crippen LogP contribution in [0.5, 0.6) is 0 Å². The second kappa shape index (κ2) is 6.10. The minimum absolute atomic E-state index is 0.0103. The van der Waals surface area contributed by atoms with Gasteiger partial charge < -0.3 is 14.8 Å². The third-order valence-electron chi connectivity index (χ3n) is 3.88. The van der Waals surface area contributed by atoms with Crippen molar-refractivity contribution in [3.8, 4) is 0 Å². The summed E-state index contributed by atoms with van der Waals surface area (Å²) in [4.78, 5) is 26.6. The van der Waals surface area contributed by atoms with Crippen LogP contribution in [-0.4, -0.2) is 41.6 Å². The second-order valence-corrected chi connectivity index (χ2v) is 5.32. The van der Waals surface area contributed by atoms with E-state index >= 15 is 0 Å². The highest BCUT2D eigenvalue weighted by atomic mass is 16.2. The van der Waals surface area contributed by atoms with E-state index in [-0.39, 0.29) is 18.0 Å². The van der Waals surface area contributed by atoms with Crippen LogP contribution in [0.25, 0.3) is 10.8 Å². The molecule has 2 aromatic rings. The number of hydrogen-bond acceptors (Lipinski definition) is 3. The third kappa shape index (κ3) is 2.97. The van der Waals surface area contributed by atoms with E-state index in [1.165, 1.54) is 4.57 Å². The van der Waals surface area contributed by atoms with Gasteiger partial charge in [0.05, 0.1) is 0 Å². The lowest BCUT2D eigenvalue weighted by Gasteiger charge is -2.20. The quantitative estimate of drug-likeness (QED) is 0.889. The Morgan fingerprint density at radius 3 is 2.90 bits per heavy atom. The van der Waals surface area contributed by atoms with Gasteiger partial charge in [-0.05, 0) is 30.5 Å². The summed E-state index contributed by atoms with van der Waals surface area (Å²) < 4.78 is 1.50. The number of carbonyl (C=O) groups is 1. The number of carbonyl (C=O) groups excluding carboxylic acids is 1. The fourth-order valence-electron chi connectivity index (χ4n) is 2.70. The molecule has 1 aliphatic heterocycles. The number of hydrogen-bond donors (Lipinski definition) is 1. The van der Waals surface area contributed by atoms with E-state index in [2.05, 4.69) is 5.32 Å². The highest BCUT2D eigenvalue weighted by Gasteiger charge is 2.16. The monoisotopic (exact) mass is 285 g/mol. The molecular weight excluding hydrogens is 266 g/mol. The number of nitrogens with zero attached hydrogens (tertiary/aromatic N) is 2. The van der Waals surface area contributed by atoms with E-state index < -0.39 is 0 Å². The molecule has 0 radical (unpaired) electrons. The van der Waals surface area contributed by atoms with Crippen molar-refractivity contribution >= 4 is 16.7 Å². The molecular formula is C16H19N3O2. The number of fused-ring (bicyclic) bond motifs is 1. The lowest BCUT2D eigenvalue weighted by Crippen LogP contribution is -2.38. The highest BCUT2D eigenvalue weighted by Crippen LogP contribution is 2.08. The average Bonchev–Trinajstić information content (AvgIpc) is 2.79. The molecule has 2 heterocycles. The van der Waals surface area contributed by atoms with Crippen LogP contribution in [0.2, 0.25) is 0 Å². The first-order chi connectivity index (χ1) is 10.3. The Labute approximate surface area is 123 Å². The van der Waals surface area contributed by atoms with Gasteiger partial charge in [-0.1, -0.05) is 18.2 Å². The van der Waals surface area contributed by atoms with Gasteiger partial charge in [-0.3, -0.25) is 9.59 Å². The lowest BCUT2D eigenvalue weighted by atomic mass is 10.2. The second-order valence-electron chi connectivity index (χ2n) is 5.32. The van der Waals surface area contributed by atoms with Crippen LogP contribution in [0.4, 0.5) is 0 Å². The zero-order valence-electron chi connectivity index (χ0n) is 11.9. The molecule has 1 aromatic carbocycles. The Balaban J connectivity index is 1.82. The third-order valence-corrected chi connectivity index (χ3v) is 3.88. The number of benzene rings is 1. The summed E-state index contributed by atoms with van der Waals surface area (Å²) in [5, 5.41) is 4.83. The maximum Gasteiger partial charge on any atom is 0.258 e. The van der Waals surface area contributed by atoms with E-state index in [0.29, 0.717) is 11.9 Å². The topological polar surface area (TPSA) is 54.3 Å². The molecule has 0 aliphatic carbocycles. The van der Waals surface area contributed by atoms with Crippen molar-refractivity contribution in [3.05, 3.63) is 46.9 Å². The predicted molar refractivity (Wildman–Crippen MR) is 82.3 cm³/mol. The molecule has 0 spiro atoms. The van der Waals surface area contributed by atoms with Crippen molar-refractivity contribution in [1.29, 1.82) is 0 Å². The Bertz CT molecular complexity index is 700. The molecule has 5 nitrogen and oxygen atoms in total. The Kier molecular flexibility index (Phi) is 4.01. The van der Waals surface area contributed by atoms with E-state index in [4.69, 9.17) is 0 Å². The van der Waals surface area contributed by atoms with Crippen LogP contribution in [-0.2, 0) is 11.3 Å². The zero-order valence-corrected chi connectivity index (χ0v) is 11.9. The van der Waals surface area contributed by atoms with E-state index in [0.717, 1.165) is 31.4 Å². The van der Waals surface area contributed by atoms with Crippen molar-refractivity contribution in [2.24, 2.45) is 0 Å². The number of amides is 1.